The van der Waals surface area contributed by atoms with Gasteiger partial charge in [0.05, 0.1) is 18.8 Å². The lowest BCUT2D eigenvalue weighted by atomic mass is 9.95. The average molecular weight is 268 g/mol. The molecule has 7 heteroatoms. The number of hydrogen-bond acceptors (Lipinski definition) is 6. The zero-order valence-electron chi connectivity index (χ0n) is 11.1. The van der Waals surface area contributed by atoms with Gasteiger partial charge in [0.15, 0.2) is 6.29 Å². The number of aromatic nitrogens is 3. The molecule has 0 spiro atoms. The highest BCUT2D eigenvalue weighted by molar-refractivity contribution is 4.99. The van der Waals surface area contributed by atoms with Gasteiger partial charge in [-0.05, 0) is 12.5 Å². The first kappa shape index (κ1) is 13.0. The maximum atomic E-state index is 10.6. The van der Waals surface area contributed by atoms with E-state index < -0.39 is 12.4 Å². The van der Waals surface area contributed by atoms with Crippen LogP contribution in [0.1, 0.15) is 19.9 Å². The van der Waals surface area contributed by atoms with Crippen molar-refractivity contribution in [1.29, 1.82) is 0 Å². The maximum absolute atomic E-state index is 10.6. The minimum absolute atomic E-state index is 0.0986. The summed E-state index contributed by atoms with van der Waals surface area (Å²) >= 11 is 0. The molecule has 19 heavy (non-hydrogen) atoms. The highest BCUT2D eigenvalue weighted by Gasteiger charge is 2.51. The van der Waals surface area contributed by atoms with Crippen LogP contribution in [0.2, 0.25) is 0 Å². The fraction of sp³-hybridized carbons (Fsp3) is 0.833. The summed E-state index contributed by atoms with van der Waals surface area (Å²) in [5, 5.41) is 18.1. The normalized spacial score (nSPS) is 38.0. The number of nitrogens with zero attached hydrogens (tertiary/aromatic N) is 3. The molecule has 2 fully saturated rings. The summed E-state index contributed by atoms with van der Waals surface area (Å²) in [6.45, 7) is 5.59. The van der Waals surface area contributed by atoms with Gasteiger partial charge in [0, 0.05) is 0 Å². The molecule has 0 aliphatic carbocycles. The quantitative estimate of drug-likeness (QED) is 0.770. The Balaban J connectivity index is 1.78. The monoisotopic (exact) mass is 268 g/mol. The van der Waals surface area contributed by atoms with Gasteiger partial charge < -0.3 is 19.9 Å². The van der Waals surface area contributed by atoms with Gasteiger partial charge in [-0.25, -0.2) is 9.67 Å². The second kappa shape index (κ2) is 5.16. The van der Waals surface area contributed by atoms with Crippen molar-refractivity contribution in [3.05, 3.63) is 12.7 Å². The number of nitrogens with one attached hydrogen (secondary N) is 1. The standard InChI is InChI=1S/C12H20N4O3/c1-7(2)3-14-9-8-4-18-12(19-8)10(11(9)17)16-6-13-5-15-16/h5-12,14,17H,3-4H2,1-2H3/t8-,9-,10-,11+,12-/m1/s1. The molecule has 0 amide bonds. The topological polar surface area (TPSA) is 81.4 Å². The summed E-state index contributed by atoms with van der Waals surface area (Å²) in [7, 11) is 0. The first-order valence-electron chi connectivity index (χ1n) is 6.69. The first-order valence-corrected chi connectivity index (χ1v) is 6.69. The third-order valence-corrected chi connectivity index (χ3v) is 3.63. The molecule has 3 rings (SSSR count). The van der Waals surface area contributed by atoms with Crippen molar-refractivity contribution < 1.29 is 14.6 Å². The molecule has 1 aromatic heterocycles. The number of rotatable bonds is 4. The zero-order chi connectivity index (χ0) is 13.4. The number of aliphatic hydroxyl groups is 1. The van der Waals surface area contributed by atoms with Crippen molar-refractivity contribution in [2.45, 2.75) is 44.4 Å². The summed E-state index contributed by atoms with van der Waals surface area (Å²) in [4.78, 5) is 3.92. The lowest BCUT2D eigenvalue weighted by Gasteiger charge is -2.38. The predicted molar refractivity (Wildman–Crippen MR) is 66.3 cm³/mol. The summed E-state index contributed by atoms with van der Waals surface area (Å²) in [5.74, 6) is 0.511. The van der Waals surface area contributed by atoms with Crippen LogP contribution in [-0.4, -0.2) is 57.6 Å². The van der Waals surface area contributed by atoms with Crippen molar-refractivity contribution >= 4 is 0 Å². The van der Waals surface area contributed by atoms with Crippen LogP contribution in [0.5, 0.6) is 0 Å². The van der Waals surface area contributed by atoms with E-state index in [9.17, 15) is 5.11 Å². The molecule has 0 aromatic carbocycles. The molecule has 1 aromatic rings. The van der Waals surface area contributed by atoms with Gasteiger partial charge in [0.25, 0.3) is 0 Å². The Hall–Kier alpha value is -1.02. The molecule has 2 bridgehead atoms. The fourth-order valence-corrected chi connectivity index (χ4v) is 2.68. The second-order valence-corrected chi connectivity index (χ2v) is 5.56. The van der Waals surface area contributed by atoms with Crippen LogP contribution in [0.3, 0.4) is 0 Å². The van der Waals surface area contributed by atoms with Gasteiger partial charge in [-0.3, -0.25) is 0 Å². The minimum Gasteiger partial charge on any atom is -0.389 e. The van der Waals surface area contributed by atoms with Crippen LogP contribution >= 0.6 is 0 Å². The Kier molecular flexibility index (Phi) is 3.53. The summed E-state index contributed by atoms with van der Waals surface area (Å²) in [6.07, 6.45) is 1.88. The molecule has 2 aliphatic heterocycles. The van der Waals surface area contributed by atoms with Crippen LogP contribution in [0, 0.1) is 5.92 Å². The van der Waals surface area contributed by atoms with Gasteiger partial charge in [0.2, 0.25) is 0 Å². The highest BCUT2D eigenvalue weighted by Crippen LogP contribution is 2.35. The van der Waals surface area contributed by atoms with Crippen LogP contribution in [0.25, 0.3) is 0 Å². The van der Waals surface area contributed by atoms with E-state index in [-0.39, 0.29) is 18.2 Å². The van der Waals surface area contributed by atoms with Crippen molar-refractivity contribution in [2.75, 3.05) is 13.2 Å². The van der Waals surface area contributed by atoms with E-state index in [0.717, 1.165) is 6.54 Å². The van der Waals surface area contributed by atoms with E-state index in [1.54, 1.807) is 11.0 Å². The van der Waals surface area contributed by atoms with Gasteiger partial charge in [0.1, 0.15) is 24.8 Å². The van der Waals surface area contributed by atoms with Crippen LogP contribution in [-0.2, 0) is 9.47 Å². The number of aliphatic hydroxyl groups excluding tert-OH is 1. The van der Waals surface area contributed by atoms with Crippen LogP contribution in [0.4, 0.5) is 0 Å². The number of fused-ring (bicyclic) bond motifs is 2. The van der Waals surface area contributed by atoms with E-state index in [4.69, 9.17) is 9.47 Å². The number of hydrogen-bond donors (Lipinski definition) is 2. The molecule has 2 saturated heterocycles. The Morgan fingerprint density at radius 2 is 2.37 bits per heavy atom. The molecular weight excluding hydrogens is 248 g/mol. The van der Waals surface area contributed by atoms with Crippen LogP contribution in [0.15, 0.2) is 12.7 Å². The smallest absolute Gasteiger partial charge is 0.183 e. The molecule has 2 N–H and O–H groups in total. The largest absolute Gasteiger partial charge is 0.389 e. The van der Waals surface area contributed by atoms with Crippen molar-refractivity contribution in [1.82, 2.24) is 20.1 Å². The third-order valence-electron chi connectivity index (χ3n) is 3.63. The van der Waals surface area contributed by atoms with Gasteiger partial charge in [-0.15, -0.1) is 0 Å². The van der Waals surface area contributed by atoms with Crippen molar-refractivity contribution in [3.63, 3.8) is 0 Å². The van der Waals surface area contributed by atoms with Crippen LogP contribution < -0.4 is 5.32 Å². The average Bonchev–Trinajstić information content (AvgIpc) is 3.00. The maximum Gasteiger partial charge on any atom is 0.183 e. The van der Waals surface area contributed by atoms with Crippen molar-refractivity contribution in [3.8, 4) is 0 Å². The van der Waals surface area contributed by atoms with Gasteiger partial charge >= 0.3 is 0 Å². The third kappa shape index (κ3) is 2.38. The first-order chi connectivity index (χ1) is 9.16. The van der Waals surface area contributed by atoms with E-state index in [1.807, 2.05) is 0 Å². The van der Waals surface area contributed by atoms with Gasteiger partial charge in [-0.1, -0.05) is 13.8 Å². The summed E-state index contributed by atoms with van der Waals surface area (Å²) in [6, 6.07) is -0.499. The molecular formula is C12H20N4O3. The molecule has 2 aliphatic rings. The molecule has 0 unspecified atom stereocenters. The van der Waals surface area contributed by atoms with E-state index >= 15 is 0 Å². The second-order valence-electron chi connectivity index (χ2n) is 5.56. The molecule has 106 valence electrons. The number of ether oxygens (including phenoxy) is 2. The Morgan fingerprint density at radius 3 is 3.05 bits per heavy atom. The Labute approximate surface area is 111 Å². The van der Waals surface area contributed by atoms with E-state index in [1.165, 1.54) is 6.33 Å². The summed E-state index contributed by atoms with van der Waals surface area (Å²) in [5.41, 5.74) is 0. The molecule has 0 saturated carbocycles. The zero-order valence-corrected chi connectivity index (χ0v) is 11.1. The Bertz CT molecular complexity index is 411. The van der Waals surface area contributed by atoms with Crippen molar-refractivity contribution in [2.24, 2.45) is 5.92 Å². The van der Waals surface area contributed by atoms with E-state index in [2.05, 4.69) is 29.2 Å². The summed E-state index contributed by atoms with van der Waals surface area (Å²) < 4.78 is 13.0. The molecule has 3 heterocycles. The van der Waals surface area contributed by atoms with E-state index in [0.29, 0.717) is 12.5 Å². The predicted octanol–water partition coefficient (Wildman–Crippen LogP) is -0.451. The highest BCUT2D eigenvalue weighted by atomic mass is 16.7. The molecule has 5 atom stereocenters. The molecule has 7 nitrogen and oxygen atoms in total. The molecule has 0 radical (unpaired) electrons. The van der Waals surface area contributed by atoms with Gasteiger partial charge in [-0.2, -0.15) is 5.10 Å². The lowest BCUT2D eigenvalue weighted by molar-refractivity contribution is -0.168. The Morgan fingerprint density at radius 1 is 1.53 bits per heavy atom. The lowest BCUT2D eigenvalue weighted by Crippen LogP contribution is -2.58. The SMILES string of the molecule is CC(C)CN[C@H]1[C@H](O)[C@@H](n2cncn2)[C@@H]2OC[C@H]1O2. The minimum atomic E-state index is -0.605. The fourth-order valence-electron chi connectivity index (χ4n) is 2.68.